The Bertz CT molecular complexity index is 958. The number of ether oxygens (including phenoxy) is 2. The fraction of sp³-hybridized carbons (Fsp3) is 0.519. The van der Waals surface area contributed by atoms with Crippen LogP contribution in [0.25, 0.3) is 0 Å². The Morgan fingerprint density at radius 1 is 1.32 bits per heavy atom. The number of hydrogen-bond acceptors (Lipinski definition) is 6. The number of carbonyl (C=O) groups excluding carboxylic acids is 1. The summed E-state index contributed by atoms with van der Waals surface area (Å²) >= 11 is 1.75. The lowest BCUT2D eigenvalue weighted by Gasteiger charge is -2.37. The third-order valence-electron chi connectivity index (χ3n) is 6.63. The molecule has 6 nitrogen and oxygen atoms in total. The molecule has 0 spiro atoms. The minimum absolute atomic E-state index is 0.0991. The molecule has 184 valence electrons. The molecule has 0 bridgehead atoms. The van der Waals surface area contributed by atoms with Gasteiger partial charge in [-0.05, 0) is 67.2 Å². The van der Waals surface area contributed by atoms with Crippen LogP contribution in [0.15, 0.2) is 48.4 Å². The van der Waals surface area contributed by atoms with Gasteiger partial charge in [0.05, 0.1) is 25.8 Å². The molecular formula is C27H36N2O4S. The lowest BCUT2D eigenvalue weighted by atomic mass is 10.0. The average molecular weight is 485 g/mol. The van der Waals surface area contributed by atoms with Crippen LogP contribution in [-0.2, 0) is 11.2 Å². The van der Waals surface area contributed by atoms with Crippen molar-refractivity contribution >= 4 is 17.2 Å². The normalized spacial score (nSPS) is 18.4. The molecule has 2 aliphatic rings. The molecule has 1 aliphatic heterocycles. The van der Waals surface area contributed by atoms with Gasteiger partial charge in [-0.15, -0.1) is 17.9 Å². The van der Waals surface area contributed by atoms with Crippen molar-refractivity contribution in [3.8, 4) is 11.5 Å². The van der Waals surface area contributed by atoms with Crippen molar-refractivity contribution in [3.63, 3.8) is 0 Å². The highest BCUT2D eigenvalue weighted by molar-refractivity contribution is 7.10. The number of carbonyl (C=O) groups is 1. The number of fused-ring (bicyclic) bond motifs is 1. The largest absolute Gasteiger partial charge is 0.493 e. The van der Waals surface area contributed by atoms with Crippen molar-refractivity contribution in [1.82, 2.24) is 9.80 Å². The Balaban J connectivity index is 1.46. The molecule has 7 heteroatoms. The molecule has 1 aromatic heterocycles. The van der Waals surface area contributed by atoms with Gasteiger partial charge in [0.15, 0.2) is 11.5 Å². The summed E-state index contributed by atoms with van der Waals surface area (Å²) < 4.78 is 11.6. The van der Waals surface area contributed by atoms with Gasteiger partial charge < -0.3 is 19.5 Å². The summed E-state index contributed by atoms with van der Waals surface area (Å²) in [5.74, 6) is 2.11. The maximum absolute atomic E-state index is 13.6. The molecule has 0 radical (unpaired) electrons. The van der Waals surface area contributed by atoms with Gasteiger partial charge in [-0.2, -0.15) is 0 Å². The number of aliphatic hydroxyl groups excluding tert-OH is 1. The Labute approximate surface area is 206 Å². The summed E-state index contributed by atoms with van der Waals surface area (Å²) in [5, 5.41) is 12.6. The third-order valence-corrected chi connectivity index (χ3v) is 7.62. The molecule has 2 atom stereocenters. The third kappa shape index (κ3) is 6.40. The number of hydrogen-bond donors (Lipinski definition) is 1. The van der Waals surface area contributed by atoms with Gasteiger partial charge in [-0.25, -0.2) is 0 Å². The molecule has 1 saturated carbocycles. The molecule has 0 unspecified atom stereocenters. The minimum atomic E-state index is -0.445. The number of benzene rings is 1. The Morgan fingerprint density at radius 2 is 2.12 bits per heavy atom. The van der Waals surface area contributed by atoms with Crippen LogP contribution in [0.3, 0.4) is 0 Å². The molecule has 4 rings (SSSR count). The van der Waals surface area contributed by atoms with E-state index in [1.54, 1.807) is 18.4 Å². The number of rotatable bonds is 13. The molecule has 34 heavy (non-hydrogen) atoms. The highest BCUT2D eigenvalue weighted by Crippen LogP contribution is 2.35. The van der Waals surface area contributed by atoms with Crippen molar-refractivity contribution in [2.75, 3.05) is 39.9 Å². The van der Waals surface area contributed by atoms with Crippen LogP contribution in [0, 0.1) is 5.92 Å². The van der Waals surface area contributed by atoms with Gasteiger partial charge in [0, 0.05) is 24.5 Å². The van der Waals surface area contributed by atoms with Crippen molar-refractivity contribution in [2.24, 2.45) is 5.92 Å². The van der Waals surface area contributed by atoms with Crippen LogP contribution >= 0.6 is 11.3 Å². The maximum Gasteiger partial charge on any atom is 0.237 e. The molecule has 2 heterocycles. The average Bonchev–Trinajstić information content (AvgIpc) is 3.52. The van der Waals surface area contributed by atoms with E-state index in [0.717, 1.165) is 19.4 Å². The van der Waals surface area contributed by atoms with E-state index in [9.17, 15) is 9.90 Å². The SMILES string of the molecule is C=CCC[C@H](O)CN(CC(=O)N1CCc2sccc2[C@@H]1COc1ccccc1OC)CC1CC1. The second-order valence-electron chi connectivity index (χ2n) is 9.27. The second kappa shape index (κ2) is 11.9. The number of thiophene rings is 1. The van der Waals surface area contributed by atoms with Crippen LogP contribution < -0.4 is 9.47 Å². The first-order valence-electron chi connectivity index (χ1n) is 12.2. The summed E-state index contributed by atoms with van der Waals surface area (Å²) in [6.45, 7) is 6.53. The summed E-state index contributed by atoms with van der Waals surface area (Å²) in [6.07, 6.45) is 6.14. The van der Waals surface area contributed by atoms with Crippen LogP contribution in [0.5, 0.6) is 11.5 Å². The van der Waals surface area contributed by atoms with E-state index in [-0.39, 0.29) is 11.9 Å². The van der Waals surface area contributed by atoms with Gasteiger partial charge in [-0.1, -0.05) is 18.2 Å². The van der Waals surface area contributed by atoms with Gasteiger partial charge in [0.1, 0.15) is 6.61 Å². The molecule has 2 aromatic rings. The van der Waals surface area contributed by atoms with E-state index in [1.807, 2.05) is 35.2 Å². The first kappa shape index (κ1) is 24.8. The van der Waals surface area contributed by atoms with Crippen molar-refractivity contribution in [1.29, 1.82) is 0 Å². The first-order chi connectivity index (χ1) is 16.6. The topological polar surface area (TPSA) is 62.2 Å². The zero-order chi connectivity index (χ0) is 23.9. The summed E-state index contributed by atoms with van der Waals surface area (Å²) in [7, 11) is 1.63. The van der Waals surface area contributed by atoms with E-state index in [0.29, 0.717) is 50.1 Å². The van der Waals surface area contributed by atoms with Gasteiger partial charge >= 0.3 is 0 Å². The smallest absolute Gasteiger partial charge is 0.237 e. The number of methoxy groups -OCH3 is 1. The lowest BCUT2D eigenvalue weighted by molar-refractivity contribution is -0.136. The van der Waals surface area contributed by atoms with Crippen LogP contribution in [0.1, 0.15) is 42.2 Å². The number of aliphatic hydroxyl groups is 1. The van der Waals surface area contributed by atoms with Crippen molar-refractivity contribution in [3.05, 3.63) is 58.8 Å². The molecule has 1 aromatic carbocycles. The second-order valence-corrected chi connectivity index (χ2v) is 10.3. The van der Waals surface area contributed by atoms with E-state index in [2.05, 4.69) is 22.9 Å². The summed E-state index contributed by atoms with van der Waals surface area (Å²) in [6, 6.07) is 9.59. The summed E-state index contributed by atoms with van der Waals surface area (Å²) in [4.78, 5) is 19.0. The molecule has 1 amide bonds. The molecule has 1 N–H and O–H groups in total. The zero-order valence-corrected chi connectivity index (χ0v) is 20.8. The van der Waals surface area contributed by atoms with Gasteiger partial charge in [0.2, 0.25) is 5.91 Å². The summed E-state index contributed by atoms with van der Waals surface area (Å²) in [5.41, 5.74) is 1.18. The predicted molar refractivity (Wildman–Crippen MR) is 136 cm³/mol. The zero-order valence-electron chi connectivity index (χ0n) is 20.0. The minimum Gasteiger partial charge on any atom is -0.493 e. The molecule has 1 aliphatic carbocycles. The fourth-order valence-corrected chi connectivity index (χ4v) is 5.56. The molecule has 1 fully saturated rings. The Kier molecular flexibility index (Phi) is 8.64. The first-order valence-corrected chi connectivity index (χ1v) is 13.1. The van der Waals surface area contributed by atoms with Gasteiger partial charge in [-0.3, -0.25) is 9.69 Å². The number of nitrogens with zero attached hydrogens (tertiary/aromatic N) is 2. The highest BCUT2D eigenvalue weighted by atomic mass is 32.1. The number of allylic oxidation sites excluding steroid dienone is 1. The van der Waals surface area contributed by atoms with E-state index < -0.39 is 6.10 Å². The standard InChI is InChI=1S/C27H36N2O4S/c1-3-4-7-21(30)17-28(16-20-10-11-20)18-27(31)29-14-12-26-22(13-15-34-26)23(29)19-33-25-9-6-5-8-24(25)32-2/h3,5-6,8-9,13,15,20-21,23,30H,1,4,7,10-12,14,16-19H2,2H3/t21-,23-/m0/s1. The van der Waals surface area contributed by atoms with Crippen LogP contribution in [-0.4, -0.2) is 66.8 Å². The fourth-order valence-electron chi connectivity index (χ4n) is 4.63. The predicted octanol–water partition coefficient (Wildman–Crippen LogP) is 4.30. The Hall–Kier alpha value is -2.35. The Morgan fingerprint density at radius 3 is 2.85 bits per heavy atom. The van der Waals surface area contributed by atoms with Crippen molar-refractivity contribution < 1.29 is 19.4 Å². The maximum atomic E-state index is 13.6. The van der Waals surface area contributed by atoms with Crippen molar-refractivity contribution in [2.45, 2.75) is 44.2 Å². The number of amides is 1. The molecule has 0 saturated heterocycles. The highest BCUT2D eigenvalue weighted by Gasteiger charge is 2.34. The van der Waals surface area contributed by atoms with E-state index in [4.69, 9.17) is 9.47 Å². The van der Waals surface area contributed by atoms with Crippen LogP contribution in [0.2, 0.25) is 0 Å². The van der Waals surface area contributed by atoms with E-state index in [1.165, 1.54) is 23.3 Å². The quantitative estimate of drug-likeness (QED) is 0.430. The van der Waals surface area contributed by atoms with Crippen LogP contribution in [0.4, 0.5) is 0 Å². The lowest BCUT2D eigenvalue weighted by Crippen LogP contribution is -2.48. The number of para-hydroxylation sites is 2. The van der Waals surface area contributed by atoms with Gasteiger partial charge in [0.25, 0.3) is 0 Å². The van der Waals surface area contributed by atoms with E-state index >= 15 is 0 Å². The monoisotopic (exact) mass is 484 g/mol. The molecular weight excluding hydrogens is 448 g/mol.